The van der Waals surface area contributed by atoms with Crippen molar-refractivity contribution in [2.24, 2.45) is 5.92 Å². The van der Waals surface area contributed by atoms with Gasteiger partial charge in [0, 0.05) is 11.8 Å². The molecule has 1 aliphatic rings. The first-order chi connectivity index (χ1) is 6.27. The molecule has 0 bridgehead atoms. The Balaban J connectivity index is 2.22. The van der Waals surface area contributed by atoms with Gasteiger partial charge in [-0.25, -0.2) is 0 Å². The van der Waals surface area contributed by atoms with E-state index in [0.29, 0.717) is 0 Å². The number of hydrogen-bond acceptors (Lipinski definition) is 1. The number of aryl methyl sites for hydroxylation is 1. The van der Waals surface area contributed by atoms with Gasteiger partial charge in [0.2, 0.25) is 0 Å². The summed E-state index contributed by atoms with van der Waals surface area (Å²) < 4.78 is 0. The van der Waals surface area contributed by atoms with Crippen molar-refractivity contribution >= 4 is 0 Å². The van der Waals surface area contributed by atoms with Crippen molar-refractivity contribution in [2.75, 3.05) is 0 Å². The molecule has 0 amide bonds. The molecule has 1 aromatic rings. The van der Waals surface area contributed by atoms with Crippen molar-refractivity contribution < 1.29 is 0 Å². The summed E-state index contributed by atoms with van der Waals surface area (Å²) in [6.07, 6.45) is 6.64. The average molecular weight is 177 g/mol. The zero-order valence-electron chi connectivity index (χ0n) is 7.97. The normalized spacial score (nSPS) is 17.0. The molecule has 0 atom stereocenters. The van der Waals surface area contributed by atoms with E-state index in [2.05, 4.69) is 4.98 Å². The molecule has 0 radical (unpaired) electrons. The summed E-state index contributed by atoms with van der Waals surface area (Å²) in [5.74, 6) is 0.766. The Morgan fingerprint density at radius 2 is 2.31 bits per heavy atom. The van der Waals surface area contributed by atoms with Crippen LogP contribution in [-0.2, 0) is 6.42 Å². The second-order valence-electron chi connectivity index (χ2n) is 3.97. The minimum Gasteiger partial charge on any atom is -0.329 e. The van der Waals surface area contributed by atoms with Gasteiger partial charge < -0.3 is 4.98 Å². The van der Waals surface area contributed by atoms with Gasteiger partial charge in [-0.05, 0) is 30.9 Å². The van der Waals surface area contributed by atoms with E-state index in [1.54, 1.807) is 6.20 Å². The molecule has 13 heavy (non-hydrogen) atoms. The maximum atomic E-state index is 11.5. The zero-order chi connectivity index (χ0) is 9.26. The third-order valence-electron chi connectivity index (χ3n) is 3.02. The van der Waals surface area contributed by atoms with E-state index in [4.69, 9.17) is 0 Å². The molecule has 2 nitrogen and oxygen atoms in total. The second-order valence-corrected chi connectivity index (χ2v) is 3.97. The number of nitrogens with one attached hydrogen (secondary N) is 1. The number of hydrogen-bond donors (Lipinski definition) is 1. The largest absolute Gasteiger partial charge is 0.329 e. The SMILES string of the molecule is Cc1cc[nH]c(=O)c1CC1CCC1. The smallest absolute Gasteiger partial charge is 0.251 e. The maximum absolute atomic E-state index is 11.5. The van der Waals surface area contributed by atoms with E-state index in [9.17, 15) is 4.79 Å². The van der Waals surface area contributed by atoms with E-state index >= 15 is 0 Å². The Morgan fingerprint density at radius 3 is 2.85 bits per heavy atom. The highest BCUT2D eigenvalue weighted by atomic mass is 16.1. The minimum absolute atomic E-state index is 0.104. The van der Waals surface area contributed by atoms with Crippen LogP contribution in [0.1, 0.15) is 30.4 Å². The van der Waals surface area contributed by atoms with Crippen LogP contribution in [0.5, 0.6) is 0 Å². The molecule has 0 aliphatic heterocycles. The molecule has 0 saturated heterocycles. The summed E-state index contributed by atoms with van der Waals surface area (Å²) in [6.45, 7) is 2.02. The van der Waals surface area contributed by atoms with E-state index in [-0.39, 0.29) is 5.56 Å². The summed E-state index contributed by atoms with van der Waals surface area (Å²) in [5, 5.41) is 0. The second kappa shape index (κ2) is 3.36. The lowest BCUT2D eigenvalue weighted by molar-refractivity contribution is 0.313. The Bertz CT molecular complexity index is 349. The number of rotatable bonds is 2. The first kappa shape index (κ1) is 8.54. The summed E-state index contributed by atoms with van der Waals surface area (Å²) >= 11 is 0. The fourth-order valence-corrected chi connectivity index (χ4v) is 1.85. The fourth-order valence-electron chi connectivity index (χ4n) is 1.85. The zero-order valence-corrected chi connectivity index (χ0v) is 7.97. The summed E-state index contributed by atoms with van der Waals surface area (Å²) in [5.41, 5.74) is 2.23. The van der Waals surface area contributed by atoms with Crippen LogP contribution >= 0.6 is 0 Å². The van der Waals surface area contributed by atoms with Crippen molar-refractivity contribution in [3.63, 3.8) is 0 Å². The minimum atomic E-state index is 0.104. The predicted molar refractivity (Wildman–Crippen MR) is 52.8 cm³/mol. The van der Waals surface area contributed by atoms with Crippen molar-refractivity contribution in [3.8, 4) is 0 Å². The Kier molecular flexibility index (Phi) is 2.21. The monoisotopic (exact) mass is 177 g/mol. The first-order valence-electron chi connectivity index (χ1n) is 4.94. The quantitative estimate of drug-likeness (QED) is 0.736. The molecular weight excluding hydrogens is 162 g/mol. The van der Waals surface area contributed by atoms with Gasteiger partial charge in [-0.3, -0.25) is 4.79 Å². The van der Waals surface area contributed by atoms with Gasteiger partial charge in [0.15, 0.2) is 0 Å². The molecular formula is C11H15NO. The molecule has 1 aliphatic carbocycles. The predicted octanol–water partition coefficient (Wildman–Crippen LogP) is 2.03. The van der Waals surface area contributed by atoms with E-state index < -0.39 is 0 Å². The highest BCUT2D eigenvalue weighted by Crippen LogP contribution is 2.29. The van der Waals surface area contributed by atoms with Crippen LogP contribution in [0.3, 0.4) is 0 Å². The third-order valence-corrected chi connectivity index (χ3v) is 3.02. The summed E-state index contributed by atoms with van der Waals surface area (Å²) in [6, 6.07) is 1.98. The number of aromatic nitrogens is 1. The van der Waals surface area contributed by atoms with Crippen molar-refractivity contribution in [1.29, 1.82) is 0 Å². The van der Waals surface area contributed by atoms with Crippen LogP contribution in [0.15, 0.2) is 17.1 Å². The molecule has 2 rings (SSSR count). The number of H-pyrrole nitrogens is 1. The molecule has 1 aromatic heterocycles. The highest BCUT2D eigenvalue weighted by molar-refractivity contribution is 5.22. The molecule has 1 saturated carbocycles. The molecule has 0 unspecified atom stereocenters. The maximum Gasteiger partial charge on any atom is 0.251 e. The van der Waals surface area contributed by atoms with Gasteiger partial charge in [-0.2, -0.15) is 0 Å². The lowest BCUT2D eigenvalue weighted by atomic mass is 9.80. The lowest BCUT2D eigenvalue weighted by Gasteiger charge is -2.25. The Labute approximate surface area is 78.0 Å². The van der Waals surface area contributed by atoms with E-state index in [0.717, 1.165) is 23.5 Å². The van der Waals surface area contributed by atoms with Crippen LogP contribution in [0.2, 0.25) is 0 Å². The van der Waals surface area contributed by atoms with Gasteiger partial charge in [-0.15, -0.1) is 0 Å². The van der Waals surface area contributed by atoms with Crippen molar-refractivity contribution in [3.05, 3.63) is 33.7 Å². The van der Waals surface area contributed by atoms with Crippen LogP contribution in [-0.4, -0.2) is 4.98 Å². The van der Waals surface area contributed by atoms with Gasteiger partial charge in [0.25, 0.3) is 5.56 Å². The Morgan fingerprint density at radius 1 is 1.54 bits per heavy atom. The molecule has 70 valence electrons. The molecule has 0 spiro atoms. The van der Waals surface area contributed by atoms with Gasteiger partial charge >= 0.3 is 0 Å². The van der Waals surface area contributed by atoms with Crippen LogP contribution < -0.4 is 5.56 Å². The lowest BCUT2D eigenvalue weighted by Crippen LogP contribution is -2.21. The summed E-state index contributed by atoms with van der Waals surface area (Å²) in [4.78, 5) is 14.2. The number of pyridine rings is 1. The van der Waals surface area contributed by atoms with E-state index in [1.165, 1.54) is 19.3 Å². The van der Waals surface area contributed by atoms with Crippen LogP contribution in [0, 0.1) is 12.8 Å². The molecule has 0 aromatic carbocycles. The van der Waals surface area contributed by atoms with Crippen LogP contribution in [0.4, 0.5) is 0 Å². The highest BCUT2D eigenvalue weighted by Gasteiger charge is 2.19. The molecule has 2 heteroatoms. The third kappa shape index (κ3) is 1.67. The van der Waals surface area contributed by atoms with Crippen LogP contribution in [0.25, 0.3) is 0 Å². The van der Waals surface area contributed by atoms with Gasteiger partial charge in [0.05, 0.1) is 0 Å². The number of aromatic amines is 1. The topological polar surface area (TPSA) is 32.9 Å². The molecule has 1 N–H and O–H groups in total. The van der Waals surface area contributed by atoms with E-state index in [1.807, 2.05) is 13.0 Å². The summed E-state index contributed by atoms with van der Waals surface area (Å²) in [7, 11) is 0. The van der Waals surface area contributed by atoms with Gasteiger partial charge in [0.1, 0.15) is 0 Å². The average Bonchev–Trinajstić information content (AvgIpc) is 2.00. The standard InChI is InChI=1S/C11H15NO/c1-8-5-6-12-11(13)10(8)7-9-3-2-4-9/h5-6,9H,2-4,7H2,1H3,(H,12,13). The van der Waals surface area contributed by atoms with Gasteiger partial charge in [-0.1, -0.05) is 19.3 Å². The van der Waals surface area contributed by atoms with Crippen molar-refractivity contribution in [1.82, 2.24) is 4.98 Å². The molecule has 1 heterocycles. The van der Waals surface area contributed by atoms with Crippen molar-refractivity contribution in [2.45, 2.75) is 32.6 Å². The Hall–Kier alpha value is -1.05. The fraction of sp³-hybridized carbons (Fsp3) is 0.545. The first-order valence-corrected chi connectivity index (χ1v) is 4.94. The molecule has 1 fully saturated rings.